The molecule has 0 aliphatic carbocycles. The predicted molar refractivity (Wildman–Crippen MR) is 137 cm³/mol. The summed E-state index contributed by atoms with van der Waals surface area (Å²) in [4.78, 5) is 38.8. The van der Waals surface area contributed by atoms with E-state index in [-0.39, 0.29) is 24.0 Å². The van der Waals surface area contributed by atoms with Crippen LogP contribution in [0.1, 0.15) is 22.5 Å². The van der Waals surface area contributed by atoms with Crippen LogP contribution in [0.5, 0.6) is 11.5 Å². The van der Waals surface area contributed by atoms with Gasteiger partial charge in [-0.2, -0.15) is 0 Å². The third kappa shape index (κ3) is 7.55. The molecule has 37 heavy (non-hydrogen) atoms. The highest BCUT2D eigenvalue weighted by Crippen LogP contribution is 2.20. The molecule has 3 N–H and O–H groups in total. The van der Waals surface area contributed by atoms with Crippen molar-refractivity contribution in [3.05, 3.63) is 84.3 Å². The summed E-state index contributed by atoms with van der Waals surface area (Å²) in [5.74, 6) is 0.332. The van der Waals surface area contributed by atoms with Gasteiger partial charge >= 0.3 is 0 Å². The Morgan fingerprint density at radius 2 is 1.73 bits per heavy atom. The van der Waals surface area contributed by atoms with E-state index in [2.05, 4.69) is 16.2 Å². The first-order valence-electron chi connectivity index (χ1n) is 11.6. The standard InChI is InChI=1S/C26H26N4O6S/c31-23-15-19(16-30(23)17-22-10-5-11-34-22)25(33)28-29-26(37)27-24(32)18-6-4-9-21(14-18)36-13-12-35-20-7-2-1-3-8-20/h1-11,14,19H,12-13,15-17H2,(H,28,33)(H2,27,29,32,37). The van der Waals surface area contributed by atoms with Gasteiger partial charge < -0.3 is 18.8 Å². The lowest BCUT2D eigenvalue weighted by molar-refractivity contribution is -0.129. The molecule has 3 amide bonds. The Labute approximate surface area is 218 Å². The summed E-state index contributed by atoms with van der Waals surface area (Å²) < 4.78 is 16.5. The number of rotatable bonds is 9. The Balaban J connectivity index is 1.18. The van der Waals surface area contributed by atoms with Crippen molar-refractivity contribution in [1.82, 2.24) is 21.1 Å². The van der Waals surface area contributed by atoms with Crippen LogP contribution in [0.25, 0.3) is 0 Å². The van der Waals surface area contributed by atoms with Crippen molar-refractivity contribution in [2.24, 2.45) is 5.92 Å². The summed E-state index contributed by atoms with van der Waals surface area (Å²) in [6.45, 7) is 1.21. The molecular weight excluding hydrogens is 496 g/mol. The molecule has 1 saturated heterocycles. The Morgan fingerprint density at radius 1 is 0.973 bits per heavy atom. The smallest absolute Gasteiger partial charge is 0.257 e. The molecule has 0 saturated carbocycles. The number of hydrazine groups is 1. The highest BCUT2D eigenvalue weighted by atomic mass is 32.1. The second-order valence-electron chi connectivity index (χ2n) is 8.19. The molecule has 0 bridgehead atoms. The van der Waals surface area contributed by atoms with Crippen LogP contribution in [0.4, 0.5) is 0 Å². The molecule has 0 radical (unpaired) electrons. The highest BCUT2D eigenvalue weighted by Gasteiger charge is 2.34. The van der Waals surface area contributed by atoms with E-state index in [0.29, 0.717) is 36.8 Å². The molecule has 11 heteroatoms. The monoisotopic (exact) mass is 522 g/mol. The van der Waals surface area contributed by atoms with Gasteiger partial charge in [0.05, 0.1) is 18.7 Å². The average Bonchev–Trinajstić information content (AvgIpc) is 3.56. The highest BCUT2D eigenvalue weighted by molar-refractivity contribution is 7.80. The first-order valence-corrected chi connectivity index (χ1v) is 12.0. The van der Waals surface area contributed by atoms with Crippen molar-refractivity contribution in [2.45, 2.75) is 13.0 Å². The first kappa shape index (κ1) is 25.7. The van der Waals surface area contributed by atoms with E-state index in [1.54, 1.807) is 41.3 Å². The molecule has 1 aliphatic heterocycles. The predicted octanol–water partition coefficient (Wildman–Crippen LogP) is 2.42. The maximum atomic E-state index is 12.6. The fourth-order valence-electron chi connectivity index (χ4n) is 3.68. The van der Waals surface area contributed by atoms with Crippen molar-refractivity contribution < 1.29 is 28.3 Å². The number of nitrogens with zero attached hydrogens (tertiary/aromatic N) is 1. The van der Waals surface area contributed by atoms with Crippen molar-refractivity contribution in [2.75, 3.05) is 19.8 Å². The number of carbonyl (C=O) groups is 3. The summed E-state index contributed by atoms with van der Waals surface area (Å²) >= 11 is 5.12. The molecule has 1 aromatic heterocycles. The number of furan rings is 1. The lowest BCUT2D eigenvalue weighted by Gasteiger charge is -2.16. The zero-order valence-corrected chi connectivity index (χ0v) is 20.7. The molecule has 1 fully saturated rings. The van der Waals surface area contributed by atoms with Crippen LogP contribution in [-0.4, -0.2) is 47.5 Å². The lowest BCUT2D eigenvalue weighted by Crippen LogP contribution is -2.50. The van der Waals surface area contributed by atoms with Crippen LogP contribution in [-0.2, 0) is 16.1 Å². The molecule has 1 unspecified atom stereocenters. The summed E-state index contributed by atoms with van der Waals surface area (Å²) in [6.07, 6.45) is 1.61. The van der Waals surface area contributed by atoms with Crippen LogP contribution >= 0.6 is 12.2 Å². The SMILES string of the molecule is O=C(NC(=S)NNC(=O)C1CC(=O)N(Cc2ccco2)C1)c1cccc(OCCOc2ccccc2)c1. The van der Waals surface area contributed by atoms with Gasteiger partial charge in [-0.25, -0.2) is 0 Å². The van der Waals surface area contributed by atoms with Gasteiger partial charge in [0, 0.05) is 18.5 Å². The zero-order chi connectivity index (χ0) is 26.0. The van der Waals surface area contributed by atoms with Gasteiger partial charge in [0.2, 0.25) is 11.8 Å². The minimum absolute atomic E-state index is 0.0799. The Bertz CT molecular complexity index is 1230. The summed E-state index contributed by atoms with van der Waals surface area (Å²) in [7, 11) is 0. The maximum absolute atomic E-state index is 12.6. The Kier molecular flexibility index (Phi) is 8.71. The van der Waals surface area contributed by atoms with E-state index in [9.17, 15) is 14.4 Å². The summed E-state index contributed by atoms with van der Waals surface area (Å²) in [5.41, 5.74) is 5.29. The number of carbonyl (C=O) groups excluding carboxylic acids is 3. The first-order chi connectivity index (χ1) is 18.0. The number of ether oxygens (including phenoxy) is 2. The molecule has 2 heterocycles. The normalized spacial score (nSPS) is 14.6. The lowest BCUT2D eigenvalue weighted by atomic mass is 10.1. The van der Waals surface area contributed by atoms with Crippen LogP contribution < -0.4 is 25.6 Å². The van der Waals surface area contributed by atoms with Crippen LogP contribution in [0.2, 0.25) is 0 Å². The molecular formula is C26H26N4O6S. The summed E-state index contributed by atoms with van der Waals surface area (Å²) in [5, 5.41) is 2.42. The van der Waals surface area contributed by atoms with Crippen molar-refractivity contribution >= 4 is 35.1 Å². The van der Waals surface area contributed by atoms with Crippen molar-refractivity contribution in [3.8, 4) is 11.5 Å². The fourth-order valence-corrected chi connectivity index (χ4v) is 3.82. The maximum Gasteiger partial charge on any atom is 0.257 e. The fraction of sp³-hybridized carbons (Fsp3) is 0.231. The second kappa shape index (κ2) is 12.5. The van der Waals surface area contributed by atoms with Gasteiger partial charge in [-0.1, -0.05) is 24.3 Å². The third-order valence-electron chi connectivity index (χ3n) is 5.50. The van der Waals surface area contributed by atoms with Gasteiger partial charge in [-0.15, -0.1) is 0 Å². The van der Waals surface area contributed by atoms with E-state index in [0.717, 1.165) is 5.75 Å². The molecule has 1 aliphatic rings. The van der Waals surface area contributed by atoms with Gasteiger partial charge in [0.25, 0.3) is 5.91 Å². The zero-order valence-electron chi connectivity index (χ0n) is 19.8. The minimum atomic E-state index is -0.548. The topological polar surface area (TPSA) is 122 Å². The van der Waals surface area contributed by atoms with E-state index in [1.807, 2.05) is 30.3 Å². The largest absolute Gasteiger partial charge is 0.490 e. The van der Waals surface area contributed by atoms with E-state index >= 15 is 0 Å². The molecule has 10 nitrogen and oxygen atoms in total. The van der Waals surface area contributed by atoms with E-state index in [1.165, 1.54) is 6.26 Å². The minimum Gasteiger partial charge on any atom is -0.490 e. The number of hydrogen-bond acceptors (Lipinski definition) is 7. The van der Waals surface area contributed by atoms with Gasteiger partial charge in [-0.3, -0.25) is 30.6 Å². The van der Waals surface area contributed by atoms with Crippen LogP contribution in [0.15, 0.2) is 77.4 Å². The third-order valence-corrected chi connectivity index (χ3v) is 5.70. The average molecular weight is 523 g/mol. The van der Waals surface area contributed by atoms with Gasteiger partial charge in [0.1, 0.15) is 30.5 Å². The molecule has 1 atom stereocenters. The molecule has 3 aromatic rings. The Hall–Kier alpha value is -4.38. The van der Waals surface area contributed by atoms with E-state index < -0.39 is 17.7 Å². The Morgan fingerprint density at radius 3 is 2.49 bits per heavy atom. The molecule has 0 spiro atoms. The number of nitrogens with one attached hydrogen (secondary N) is 3. The number of likely N-dealkylation sites (tertiary alicyclic amines) is 1. The van der Waals surface area contributed by atoms with Crippen molar-refractivity contribution in [3.63, 3.8) is 0 Å². The van der Waals surface area contributed by atoms with Gasteiger partial charge in [0.15, 0.2) is 5.11 Å². The second-order valence-corrected chi connectivity index (χ2v) is 8.60. The quantitative estimate of drug-likeness (QED) is 0.223. The van der Waals surface area contributed by atoms with Crippen LogP contribution in [0.3, 0.4) is 0 Å². The summed E-state index contributed by atoms with van der Waals surface area (Å²) in [6, 6.07) is 19.5. The number of para-hydroxylation sites is 1. The molecule has 4 rings (SSSR count). The van der Waals surface area contributed by atoms with Gasteiger partial charge in [-0.05, 0) is 54.7 Å². The number of thiocarbonyl (C=S) groups is 1. The van der Waals surface area contributed by atoms with E-state index in [4.69, 9.17) is 26.1 Å². The van der Waals surface area contributed by atoms with Crippen LogP contribution in [0, 0.1) is 5.92 Å². The number of amides is 3. The number of benzene rings is 2. The molecule has 192 valence electrons. The van der Waals surface area contributed by atoms with Crippen molar-refractivity contribution in [1.29, 1.82) is 0 Å². The molecule has 2 aromatic carbocycles. The number of hydrogen-bond donors (Lipinski definition) is 3.